The van der Waals surface area contributed by atoms with Gasteiger partial charge in [0.1, 0.15) is 15.3 Å². The Kier molecular flexibility index (Phi) is 6.38. The van der Waals surface area contributed by atoms with Gasteiger partial charge in [0.15, 0.2) is 5.78 Å². The maximum atomic E-state index is 12.9. The molecule has 1 heterocycles. The second-order valence-corrected chi connectivity index (χ2v) is 8.77. The number of nitrogens with zero attached hydrogens (tertiary/aromatic N) is 1. The number of carbonyl (C=O) groups is 1. The molecular formula is C21H21Cl2N3OS. The summed E-state index contributed by atoms with van der Waals surface area (Å²) in [4.78, 5) is 17.3. The van der Waals surface area contributed by atoms with Crippen molar-refractivity contribution in [3.05, 3.63) is 69.6 Å². The normalized spacial score (nSPS) is 16.1. The van der Waals surface area contributed by atoms with E-state index in [0.717, 1.165) is 23.4 Å². The fourth-order valence-electron chi connectivity index (χ4n) is 3.28. The Balaban J connectivity index is 1.87. The third kappa shape index (κ3) is 5.31. The zero-order chi connectivity index (χ0) is 20.3. The number of halogens is 2. The van der Waals surface area contributed by atoms with Crippen molar-refractivity contribution in [3.63, 3.8) is 0 Å². The maximum absolute atomic E-state index is 12.9. The summed E-state index contributed by atoms with van der Waals surface area (Å²) in [5, 5.41) is 7.22. The Morgan fingerprint density at radius 1 is 1.14 bits per heavy atom. The molecule has 1 aromatic heterocycles. The number of allylic oxidation sites excluding steroid dienone is 1. The van der Waals surface area contributed by atoms with Gasteiger partial charge < -0.3 is 10.6 Å². The van der Waals surface area contributed by atoms with Gasteiger partial charge in [-0.2, -0.15) is 0 Å². The largest absolute Gasteiger partial charge is 0.384 e. The molecule has 1 aliphatic rings. The Morgan fingerprint density at radius 2 is 1.79 bits per heavy atom. The van der Waals surface area contributed by atoms with E-state index in [1.54, 1.807) is 12.1 Å². The van der Waals surface area contributed by atoms with Crippen LogP contribution >= 0.6 is 35.4 Å². The van der Waals surface area contributed by atoms with Crippen molar-refractivity contribution in [3.8, 4) is 0 Å². The lowest BCUT2D eigenvalue weighted by Crippen LogP contribution is -2.35. The lowest BCUT2D eigenvalue weighted by atomic mass is 9.75. The minimum Gasteiger partial charge on any atom is -0.384 e. The number of carbonyl (C=O) groups excluding carboxylic acids is 1. The smallest absolute Gasteiger partial charge is 0.168 e. The van der Waals surface area contributed by atoms with E-state index in [9.17, 15) is 4.79 Å². The molecule has 1 aromatic carbocycles. The first-order valence-corrected chi connectivity index (χ1v) is 10.1. The molecule has 0 saturated carbocycles. The van der Waals surface area contributed by atoms with Crippen molar-refractivity contribution >= 4 is 51.9 Å². The van der Waals surface area contributed by atoms with Gasteiger partial charge in [-0.1, -0.05) is 67.5 Å². The van der Waals surface area contributed by atoms with Crippen LogP contribution in [0.1, 0.15) is 32.3 Å². The van der Waals surface area contributed by atoms with Gasteiger partial charge in [0.2, 0.25) is 0 Å². The summed E-state index contributed by atoms with van der Waals surface area (Å²) >= 11 is 17.6. The maximum Gasteiger partial charge on any atom is 0.168 e. The SMILES string of the molecule is CC1(C)CC(=O)C(C(=S)Nc2ccccc2)=C(NCc2cc(Cl)nc(Cl)c2)C1. The first kappa shape index (κ1) is 20.8. The number of thiocarbonyl (C=S) groups is 1. The third-order valence-corrected chi connectivity index (χ3v) is 5.16. The van der Waals surface area contributed by atoms with Gasteiger partial charge in [0.05, 0.1) is 5.57 Å². The molecule has 0 unspecified atom stereocenters. The van der Waals surface area contributed by atoms with Crippen molar-refractivity contribution in [2.24, 2.45) is 5.41 Å². The first-order chi connectivity index (χ1) is 13.2. The predicted molar refractivity (Wildman–Crippen MR) is 119 cm³/mol. The Morgan fingerprint density at radius 3 is 2.43 bits per heavy atom. The molecule has 0 aliphatic heterocycles. The van der Waals surface area contributed by atoms with Gasteiger partial charge in [0, 0.05) is 24.4 Å². The number of benzene rings is 1. The second kappa shape index (κ2) is 8.60. The third-order valence-electron chi connectivity index (χ3n) is 4.46. The predicted octanol–water partition coefficient (Wildman–Crippen LogP) is 5.56. The topological polar surface area (TPSA) is 54.0 Å². The molecule has 0 saturated heterocycles. The molecule has 0 atom stereocenters. The van der Waals surface area contributed by atoms with Crippen LogP contribution < -0.4 is 10.6 Å². The molecular weight excluding hydrogens is 413 g/mol. The van der Waals surface area contributed by atoms with E-state index in [4.69, 9.17) is 35.4 Å². The fraction of sp³-hybridized carbons (Fsp3) is 0.286. The molecule has 3 rings (SSSR count). The Bertz CT molecular complexity index is 922. The van der Waals surface area contributed by atoms with Gasteiger partial charge in [0.25, 0.3) is 0 Å². The van der Waals surface area contributed by atoms with Crippen LogP contribution in [0.15, 0.2) is 53.7 Å². The highest BCUT2D eigenvalue weighted by atomic mass is 35.5. The molecule has 0 bridgehead atoms. The lowest BCUT2D eigenvalue weighted by molar-refractivity contribution is -0.117. The van der Waals surface area contributed by atoms with E-state index in [2.05, 4.69) is 29.5 Å². The molecule has 146 valence electrons. The quantitative estimate of drug-likeness (QED) is 0.477. The van der Waals surface area contributed by atoms with Gasteiger partial charge >= 0.3 is 0 Å². The van der Waals surface area contributed by atoms with Gasteiger partial charge in [-0.3, -0.25) is 4.79 Å². The number of aromatic nitrogens is 1. The van der Waals surface area contributed by atoms with Crippen LogP contribution in [0.25, 0.3) is 0 Å². The van der Waals surface area contributed by atoms with E-state index in [1.807, 2.05) is 30.3 Å². The van der Waals surface area contributed by atoms with Crippen LogP contribution in [-0.4, -0.2) is 15.8 Å². The van der Waals surface area contributed by atoms with E-state index in [-0.39, 0.29) is 11.2 Å². The van der Waals surface area contributed by atoms with E-state index in [1.165, 1.54) is 0 Å². The second-order valence-electron chi connectivity index (χ2n) is 7.59. The number of para-hydroxylation sites is 1. The minimum atomic E-state index is -0.140. The minimum absolute atomic E-state index is 0.0398. The summed E-state index contributed by atoms with van der Waals surface area (Å²) in [5.41, 5.74) is 2.97. The van der Waals surface area contributed by atoms with Gasteiger partial charge in [-0.25, -0.2) is 4.98 Å². The zero-order valence-electron chi connectivity index (χ0n) is 15.7. The lowest BCUT2D eigenvalue weighted by Gasteiger charge is -2.33. The number of anilines is 1. The number of Topliss-reactive ketones (excluding diaryl/α,β-unsaturated/α-hetero) is 1. The van der Waals surface area contributed by atoms with Crippen LogP contribution in [0.5, 0.6) is 0 Å². The van der Waals surface area contributed by atoms with E-state index < -0.39 is 0 Å². The average Bonchev–Trinajstić information content (AvgIpc) is 2.58. The van der Waals surface area contributed by atoms with Crippen molar-refractivity contribution in [2.75, 3.05) is 5.32 Å². The summed E-state index contributed by atoms with van der Waals surface area (Å²) in [7, 11) is 0. The standard InChI is InChI=1S/C21H21Cl2N3OS/c1-21(2)10-15(24-12-13-8-17(22)26-18(23)9-13)19(16(27)11-21)20(28)25-14-6-4-3-5-7-14/h3-9,24H,10-12H2,1-2H3,(H,25,28). The highest BCUT2D eigenvalue weighted by Crippen LogP contribution is 2.36. The number of nitrogens with one attached hydrogen (secondary N) is 2. The summed E-state index contributed by atoms with van der Waals surface area (Å²) < 4.78 is 0. The first-order valence-electron chi connectivity index (χ1n) is 8.92. The molecule has 1 aliphatic carbocycles. The zero-order valence-corrected chi connectivity index (χ0v) is 18.0. The molecule has 28 heavy (non-hydrogen) atoms. The number of ketones is 1. The van der Waals surface area contributed by atoms with Crippen molar-refractivity contribution < 1.29 is 4.79 Å². The average molecular weight is 434 g/mol. The molecule has 0 fully saturated rings. The number of rotatable bonds is 5. The molecule has 0 amide bonds. The molecule has 7 heteroatoms. The van der Waals surface area contributed by atoms with Crippen molar-refractivity contribution in [1.82, 2.24) is 10.3 Å². The summed E-state index contributed by atoms with van der Waals surface area (Å²) in [5.74, 6) is 0.0398. The molecule has 4 nitrogen and oxygen atoms in total. The fourth-order valence-corrected chi connectivity index (χ4v) is 4.14. The summed E-state index contributed by atoms with van der Waals surface area (Å²) in [6.07, 6.45) is 1.17. The monoisotopic (exact) mass is 433 g/mol. The molecule has 2 N–H and O–H groups in total. The summed E-state index contributed by atoms with van der Waals surface area (Å²) in [6, 6.07) is 13.1. The van der Waals surface area contributed by atoms with Crippen LogP contribution in [0, 0.1) is 5.41 Å². The van der Waals surface area contributed by atoms with Gasteiger partial charge in [-0.05, 0) is 41.7 Å². The highest BCUT2D eigenvalue weighted by molar-refractivity contribution is 7.81. The number of hydrogen-bond donors (Lipinski definition) is 2. The molecule has 2 aromatic rings. The van der Waals surface area contributed by atoms with E-state index in [0.29, 0.717) is 33.8 Å². The van der Waals surface area contributed by atoms with Crippen LogP contribution in [-0.2, 0) is 11.3 Å². The number of hydrogen-bond acceptors (Lipinski definition) is 4. The summed E-state index contributed by atoms with van der Waals surface area (Å²) in [6.45, 7) is 4.63. The van der Waals surface area contributed by atoms with Gasteiger partial charge in [-0.15, -0.1) is 0 Å². The highest BCUT2D eigenvalue weighted by Gasteiger charge is 2.34. The van der Waals surface area contributed by atoms with Crippen LogP contribution in [0.4, 0.5) is 5.69 Å². The molecule has 0 spiro atoms. The molecule has 0 radical (unpaired) electrons. The van der Waals surface area contributed by atoms with E-state index >= 15 is 0 Å². The van der Waals surface area contributed by atoms with Crippen molar-refractivity contribution in [1.29, 1.82) is 0 Å². The van der Waals surface area contributed by atoms with Crippen LogP contribution in [0.3, 0.4) is 0 Å². The Hall–Kier alpha value is -1.95. The van der Waals surface area contributed by atoms with Crippen molar-refractivity contribution in [2.45, 2.75) is 33.2 Å². The Labute approximate surface area is 180 Å². The van der Waals surface area contributed by atoms with Crippen LogP contribution in [0.2, 0.25) is 10.3 Å². The number of pyridine rings is 1.